The standard InChI is InChI=1S/C34H18O2/c1-2-10-29-23(7-1)27-17-28-26-9-4-8-25(34(26)36-31(28)18-30(27)35-29)22-15-13-21-12-11-19-5-3-6-20-14-16-24(22)33(21)32(19)20/h1-18H. The normalized spacial score (nSPS) is 12.4. The van der Waals surface area contributed by atoms with Gasteiger partial charge in [-0.1, -0.05) is 91.0 Å². The van der Waals surface area contributed by atoms with Crippen molar-refractivity contribution in [3.8, 4) is 11.1 Å². The minimum Gasteiger partial charge on any atom is -0.456 e. The Labute approximate surface area is 205 Å². The second-order valence-corrected chi connectivity index (χ2v) is 9.70. The van der Waals surface area contributed by atoms with Crippen LogP contribution in [0.15, 0.2) is 118 Å². The Hall–Kier alpha value is -4.82. The summed E-state index contributed by atoms with van der Waals surface area (Å²) in [5.74, 6) is 0. The van der Waals surface area contributed by atoms with Gasteiger partial charge in [0.2, 0.25) is 0 Å². The number of rotatable bonds is 1. The molecule has 9 aromatic rings. The molecule has 0 aliphatic carbocycles. The van der Waals surface area contributed by atoms with Gasteiger partial charge in [0.1, 0.15) is 22.3 Å². The SMILES string of the molecule is c1cc2ccc3ccc(-c4cccc5c4oc4cc6oc7ccccc7c6cc45)c4ccc(c1)c2c34. The fraction of sp³-hybridized carbons (Fsp3) is 0. The van der Waals surface area contributed by atoms with Crippen molar-refractivity contribution in [3.05, 3.63) is 109 Å². The van der Waals surface area contributed by atoms with E-state index in [0.717, 1.165) is 49.4 Å². The number of hydrogen-bond donors (Lipinski definition) is 0. The molecule has 0 amide bonds. The Kier molecular flexibility index (Phi) is 3.31. The van der Waals surface area contributed by atoms with E-state index in [1.807, 2.05) is 18.2 Å². The Balaban J connectivity index is 1.39. The zero-order valence-corrected chi connectivity index (χ0v) is 19.2. The fourth-order valence-corrected chi connectivity index (χ4v) is 6.20. The first kappa shape index (κ1) is 18.5. The molecule has 0 saturated heterocycles. The van der Waals surface area contributed by atoms with E-state index in [0.29, 0.717) is 0 Å². The molecular weight excluding hydrogens is 440 g/mol. The van der Waals surface area contributed by atoms with Gasteiger partial charge in [0.05, 0.1) is 0 Å². The molecule has 2 aromatic heterocycles. The van der Waals surface area contributed by atoms with Crippen molar-refractivity contribution in [2.45, 2.75) is 0 Å². The Morgan fingerprint density at radius 2 is 1.06 bits per heavy atom. The smallest absolute Gasteiger partial charge is 0.143 e. The summed E-state index contributed by atoms with van der Waals surface area (Å²) in [6, 6.07) is 38.9. The number of benzene rings is 7. The van der Waals surface area contributed by atoms with Crippen LogP contribution in [-0.2, 0) is 0 Å². The zero-order chi connectivity index (χ0) is 23.4. The maximum Gasteiger partial charge on any atom is 0.143 e. The van der Waals surface area contributed by atoms with Crippen LogP contribution in [0.4, 0.5) is 0 Å². The predicted molar refractivity (Wildman–Crippen MR) is 150 cm³/mol. The molecule has 166 valence electrons. The van der Waals surface area contributed by atoms with Crippen LogP contribution >= 0.6 is 0 Å². The van der Waals surface area contributed by atoms with Crippen LogP contribution in [-0.4, -0.2) is 0 Å². The zero-order valence-electron chi connectivity index (χ0n) is 19.2. The molecule has 9 rings (SSSR count). The topological polar surface area (TPSA) is 26.3 Å². The summed E-state index contributed by atoms with van der Waals surface area (Å²) in [5, 5.41) is 12.2. The number of hydrogen-bond acceptors (Lipinski definition) is 2. The lowest BCUT2D eigenvalue weighted by molar-refractivity contribution is 0.656. The van der Waals surface area contributed by atoms with Gasteiger partial charge >= 0.3 is 0 Å². The lowest BCUT2D eigenvalue weighted by Gasteiger charge is -2.14. The third kappa shape index (κ3) is 2.26. The van der Waals surface area contributed by atoms with Gasteiger partial charge < -0.3 is 8.83 Å². The van der Waals surface area contributed by atoms with Gasteiger partial charge in [0, 0.05) is 33.2 Å². The second kappa shape index (κ2) is 6.44. The van der Waals surface area contributed by atoms with Crippen molar-refractivity contribution in [1.82, 2.24) is 0 Å². The highest BCUT2D eigenvalue weighted by molar-refractivity contribution is 6.26. The minimum atomic E-state index is 0.849. The molecule has 0 N–H and O–H groups in total. The van der Waals surface area contributed by atoms with E-state index in [9.17, 15) is 0 Å². The molecule has 0 bridgehead atoms. The van der Waals surface area contributed by atoms with Crippen LogP contribution in [0.3, 0.4) is 0 Å². The van der Waals surface area contributed by atoms with E-state index in [1.54, 1.807) is 0 Å². The number of para-hydroxylation sites is 2. The van der Waals surface area contributed by atoms with Crippen molar-refractivity contribution >= 4 is 76.2 Å². The van der Waals surface area contributed by atoms with E-state index in [1.165, 1.54) is 37.9 Å². The lowest BCUT2D eigenvalue weighted by atomic mass is 9.89. The molecular formula is C34H18O2. The van der Waals surface area contributed by atoms with E-state index >= 15 is 0 Å². The highest BCUT2D eigenvalue weighted by Gasteiger charge is 2.18. The van der Waals surface area contributed by atoms with Crippen LogP contribution in [0, 0.1) is 0 Å². The summed E-state index contributed by atoms with van der Waals surface area (Å²) in [5.41, 5.74) is 5.83. The molecule has 0 fully saturated rings. The van der Waals surface area contributed by atoms with Gasteiger partial charge in [-0.25, -0.2) is 0 Å². The Bertz CT molecular complexity index is 2300. The monoisotopic (exact) mass is 458 g/mol. The summed E-state index contributed by atoms with van der Waals surface area (Å²) >= 11 is 0. The molecule has 7 aromatic carbocycles. The van der Waals surface area contributed by atoms with Crippen LogP contribution in [0.5, 0.6) is 0 Å². The average molecular weight is 459 g/mol. The summed E-state index contributed by atoms with van der Waals surface area (Å²) in [7, 11) is 0. The molecule has 0 aliphatic heterocycles. The van der Waals surface area contributed by atoms with Gasteiger partial charge in [-0.15, -0.1) is 0 Å². The van der Waals surface area contributed by atoms with Crippen molar-refractivity contribution < 1.29 is 8.83 Å². The van der Waals surface area contributed by atoms with E-state index in [2.05, 4.69) is 91.0 Å². The first-order chi connectivity index (χ1) is 17.8. The van der Waals surface area contributed by atoms with Crippen molar-refractivity contribution in [2.24, 2.45) is 0 Å². The average Bonchev–Trinajstić information content (AvgIpc) is 3.47. The number of furan rings is 2. The highest BCUT2D eigenvalue weighted by atomic mass is 16.3. The van der Waals surface area contributed by atoms with E-state index < -0.39 is 0 Å². The molecule has 0 aliphatic rings. The molecule has 2 heteroatoms. The molecule has 0 saturated carbocycles. The molecule has 0 radical (unpaired) electrons. The third-order valence-electron chi connectivity index (χ3n) is 7.81. The molecule has 0 atom stereocenters. The fourth-order valence-electron chi connectivity index (χ4n) is 6.20. The summed E-state index contributed by atoms with van der Waals surface area (Å²) in [4.78, 5) is 0. The summed E-state index contributed by atoms with van der Waals surface area (Å²) < 4.78 is 12.7. The maximum atomic E-state index is 6.57. The molecule has 2 nitrogen and oxygen atoms in total. The van der Waals surface area contributed by atoms with Gasteiger partial charge in [0.25, 0.3) is 0 Å². The maximum absolute atomic E-state index is 6.57. The first-order valence-electron chi connectivity index (χ1n) is 12.3. The molecule has 0 spiro atoms. The van der Waals surface area contributed by atoms with Crippen LogP contribution < -0.4 is 0 Å². The van der Waals surface area contributed by atoms with E-state index in [4.69, 9.17) is 8.83 Å². The largest absolute Gasteiger partial charge is 0.456 e. The van der Waals surface area contributed by atoms with Crippen LogP contribution in [0.25, 0.3) is 87.3 Å². The minimum absolute atomic E-state index is 0.849. The molecule has 36 heavy (non-hydrogen) atoms. The van der Waals surface area contributed by atoms with Gasteiger partial charge in [-0.2, -0.15) is 0 Å². The quantitative estimate of drug-likeness (QED) is 0.229. The molecule has 0 unspecified atom stereocenters. The number of fused-ring (bicyclic) bond motifs is 6. The second-order valence-electron chi connectivity index (χ2n) is 9.70. The van der Waals surface area contributed by atoms with Crippen molar-refractivity contribution in [2.75, 3.05) is 0 Å². The van der Waals surface area contributed by atoms with Gasteiger partial charge in [-0.3, -0.25) is 0 Å². The summed E-state index contributed by atoms with van der Waals surface area (Å²) in [6.45, 7) is 0. The summed E-state index contributed by atoms with van der Waals surface area (Å²) in [6.07, 6.45) is 0. The van der Waals surface area contributed by atoms with Crippen LogP contribution in [0.2, 0.25) is 0 Å². The van der Waals surface area contributed by atoms with Crippen molar-refractivity contribution in [3.63, 3.8) is 0 Å². The van der Waals surface area contributed by atoms with Crippen LogP contribution in [0.1, 0.15) is 0 Å². The highest BCUT2D eigenvalue weighted by Crippen LogP contribution is 2.43. The predicted octanol–water partition coefficient (Wildman–Crippen LogP) is 10.0. The lowest BCUT2D eigenvalue weighted by Crippen LogP contribution is -1.87. The van der Waals surface area contributed by atoms with Crippen molar-refractivity contribution in [1.29, 1.82) is 0 Å². The van der Waals surface area contributed by atoms with Gasteiger partial charge in [-0.05, 0) is 50.0 Å². The van der Waals surface area contributed by atoms with Gasteiger partial charge in [0.15, 0.2) is 0 Å². The molecule has 2 heterocycles. The third-order valence-corrected chi connectivity index (χ3v) is 7.81. The Morgan fingerprint density at radius 3 is 1.97 bits per heavy atom. The Morgan fingerprint density at radius 1 is 0.361 bits per heavy atom. The van der Waals surface area contributed by atoms with E-state index in [-0.39, 0.29) is 0 Å². The first-order valence-corrected chi connectivity index (χ1v) is 12.3.